The summed E-state index contributed by atoms with van der Waals surface area (Å²) in [6.07, 6.45) is 0. The number of hydrogen-bond acceptors (Lipinski definition) is 4. The summed E-state index contributed by atoms with van der Waals surface area (Å²) in [6.45, 7) is 0.323. The van der Waals surface area contributed by atoms with Crippen molar-refractivity contribution in [1.29, 1.82) is 0 Å². The Bertz CT molecular complexity index is 420. The highest BCUT2D eigenvalue weighted by Gasteiger charge is 2.19. The van der Waals surface area contributed by atoms with Crippen LogP contribution in [0.2, 0.25) is 0 Å². The van der Waals surface area contributed by atoms with Crippen LogP contribution < -0.4 is 10.5 Å². The molecule has 0 aliphatic carbocycles. The van der Waals surface area contributed by atoms with Gasteiger partial charge in [-0.15, -0.1) is 0 Å². The fraction of sp³-hybridized carbons (Fsp3) is 0.222. The van der Waals surface area contributed by atoms with Crippen LogP contribution in [-0.4, -0.2) is 17.8 Å². The highest BCUT2D eigenvalue weighted by atomic mass is 19.1. The van der Waals surface area contributed by atoms with E-state index in [0.717, 1.165) is 6.07 Å². The third-order valence-electron chi connectivity index (χ3n) is 2.06. The van der Waals surface area contributed by atoms with Crippen LogP contribution in [0, 0.1) is 5.82 Å². The lowest BCUT2D eigenvalue weighted by Crippen LogP contribution is -2.20. The fourth-order valence-electron chi connectivity index (χ4n) is 1.42. The second-order valence-corrected chi connectivity index (χ2v) is 3.04. The Kier molecular flexibility index (Phi) is 2.42. The van der Waals surface area contributed by atoms with Crippen molar-refractivity contribution >= 4 is 5.84 Å². The molecule has 1 aliphatic rings. The van der Waals surface area contributed by atoms with Crippen molar-refractivity contribution in [2.75, 3.05) is 6.79 Å². The molecule has 1 heterocycles. The zero-order valence-corrected chi connectivity index (χ0v) is 7.74. The highest BCUT2D eigenvalue weighted by Crippen LogP contribution is 2.29. The number of fused-ring (bicyclic) bond motifs is 1. The van der Waals surface area contributed by atoms with Crippen molar-refractivity contribution in [3.8, 4) is 5.75 Å². The lowest BCUT2D eigenvalue weighted by Gasteiger charge is -2.20. The van der Waals surface area contributed by atoms with Crippen molar-refractivity contribution in [2.24, 2.45) is 10.9 Å². The number of amidine groups is 1. The second-order valence-electron chi connectivity index (χ2n) is 3.04. The molecule has 0 saturated carbocycles. The zero-order valence-electron chi connectivity index (χ0n) is 7.74. The first-order valence-corrected chi connectivity index (χ1v) is 4.23. The van der Waals surface area contributed by atoms with E-state index >= 15 is 0 Å². The fourth-order valence-corrected chi connectivity index (χ4v) is 1.42. The van der Waals surface area contributed by atoms with Crippen LogP contribution in [-0.2, 0) is 11.3 Å². The second kappa shape index (κ2) is 3.74. The minimum Gasteiger partial charge on any atom is -0.466 e. The van der Waals surface area contributed by atoms with Gasteiger partial charge in [-0.3, -0.25) is 0 Å². The molecule has 0 fully saturated rings. The predicted molar refractivity (Wildman–Crippen MR) is 49.2 cm³/mol. The first kappa shape index (κ1) is 9.72. The summed E-state index contributed by atoms with van der Waals surface area (Å²) in [5, 5.41) is 11.3. The smallest absolute Gasteiger partial charge is 0.189 e. The Morgan fingerprint density at radius 2 is 2.33 bits per heavy atom. The molecule has 1 aromatic carbocycles. The van der Waals surface area contributed by atoms with E-state index in [0.29, 0.717) is 11.3 Å². The van der Waals surface area contributed by atoms with Gasteiger partial charge in [0.1, 0.15) is 11.6 Å². The van der Waals surface area contributed by atoms with Gasteiger partial charge in [-0.05, 0) is 12.1 Å². The van der Waals surface area contributed by atoms with Crippen LogP contribution in [0.4, 0.5) is 4.39 Å². The summed E-state index contributed by atoms with van der Waals surface area (Å²) in [7, 11) is 0. The molecule has 0 atom stereocenters. The summed E-state index contributed by atoms with van der Waals surface area (Å²) >= 11 is 0. The van der Waals surface area contributed by atoms with Crippen LogP contribution in [0.25, 0.3) is 0 Å². The van der Waals surface area contributed by atoms with Crippen LogP contribution in [0.5, 0.6) is 5.75 Å². The predicted octanol–water partition coefficient (Wildman–Crippen LogP) is 0.787. The Balaban J connectivity index is 2.57. The Labute approximate surface area is 84.9 Å². The van der Waals surface area contributed by atoms with Gasteiger partial charge in [0.15, 0.2) is 12.6 Å². The SMILES string of the molecule is N/C(=N/O)c1cc(F)cc2c1OCOC2. The maximum Gasteiger partial charge on any atom is 0.189 e. The number of nitrogens with zero attached hydrogens (tertiary/aromatic N) is 1. The van der Waals surface area contributed by atoms with Crippen molar-refractivity contribution in [3.63, 3.8) is 0 Å². The van der Waals surface area contributed by atoms with Crippen molar-refractivity contribution < 1.29 is 19.1 Å². The normalized spacial score (nSPS) is 15.7. The number of halogens is 1. The molecule has 0 saturated heterocycles. The third-order valence-corrected chi connectivity index (χ3v) is 2.06. The molecular weight excluding hydrogens is 203 g/mol. The molecule has 1 aromatic rings. The molecule has 0 spiro atoms. The van der Waals surface area contributed by atoms with Gasteiger partial charge in [0.05, 0.1) is 12.2 Å². The monoisotopic (exact) mass is 212 g/mol. The Morgan fingerprint density at radius 1 is 1.53 bits per heavy atom. The summed E-state index contributed by atoms with van der Waals surface area (Å²) < 4.78 is 23.3. The minimum atomic E-state index is -0.482. The molecule has 0 amide bonds. The van der Waals surface area contributed by atoms with E-state index < -0.39 is 5.82 Å². The largest absolute Gasteiger partial charge is 0.466 e. The van der Waals surface area contributed by atoms with E-state index in [9.17, 15) is 4.39 Å². The van der Waals surface area contributed by atoms with Crippen LogP contribution in [0.1, 0.15) is 11.1 Å². The van der Waals surface area contributed by atoms with E-state index in [4.69, 9.17) is 20.4 Å². The standard InChI is InChI=1S/C9H9FN2O3/c10-6-1-5-3-14-4-15-8(5)7(2-6)9(11)12-13/h1-2,13H,3-4H2,(H2,11,12). The van der Waals surface area contributed by atoms with E-state index in [-0.39, 0.29) is 24.8 Å². The summed E-state index contributed by atoms with van der Waals surface area (Å²) in [5.74, 6) is -0.268. The summed E-state index contributed by atoms with van der Waals surface area (Å²) in [6, 6.07) is 2.45. The maximum atomic E-state index is 13.1. The molecule has 1 aliphatic heterocycles. The van der Waals surface area contributed by atoms with Crippen LogP contribution >= 0.6 is 0 Å². The highest BCUT2D eigenvalue weighted by molar-refractivity contribution is 6.00. The van der Waals surface area contributed by atoms with Gasteiger partial charge in [-0.25, -0.2) is 4.39 Å². The molecule has 6 heteroatoms. The summed E-state index contributed by atoms with van der Waals surface area (Å²) in [4.78, 5) is 0. The molecule has 5 nitrogen and oxygen atoms in total. The number of oxime groups is 1. The van der Waals surface area contributed by atoms with E-state index in [1.807, 2.05) is 0 Å². The van der Waals surface area contributed by atoms with Gasteiger partial charge in [-0.1, -0.05) is 5.16 Å². The molecule has 80 valence electrons. The van der Waals surface area contributed by atoms with Gasteiger partial charge >= 0.3 is 0 Å². The van der Waals surface area contributed by atoms with Gasteiger partial charge in [0.2, 0.25) is 0 Å². The van der Waals surface area contributed by atoms with Gasteiger partial charge in [0, 0.05) is 5.56 Å². The molecule has 3 N–H and O–H groups in total. The van der Waals surface area contributed by atoms with E-state index in [1.54, 1.807) is 0 Å². The average Bonchev–Trinajstić information content (AvgIpc) is 2.26. The Morgan fingerprint density at radius 3 is 3.07 bits per heavy atom. The molecule has 0 unspecified atom stereocenters. The average molecular weight is 212 g/mol. The van der Waals surface area contributed by atoms with Crippen molar-refractivity contribution in [1.82, 2.24) is 0 Å². The van der Waals surface area contributed by atoms with E-state index in [2.05, 4.69) is 5.16 Å². The third kappa shape index (κ3) is 1.71. The lowest BCUT2D eigenvalue weighted by atomic mass is 10.1. The molecule has 0 aromatic heterocycles. The van der Waals surface area contributed by atoms with Crippen molar-refractivity contribution in [2.45, 2.75) is 6.61 Å². The van der Waals surface area contributed by atoms with Gasteiger partial charge in [0.25, 0.3) is 0 Å². The van der Waals surface area contributed by atoms with Crippen LogP contribution in [0.3, 0.4) is 0 Å². The first-order chi connectivity index (χ1) is 7.22. The quantitative estimate of drug-likeness (QED) is 0.312. The zero-order chi connectivity index (χ0) is 10.8. The summed E-state index contributed by atoms with van der Waals surface area (Å²) in [5.41, 5.74) is 6.18. The van der Waals surface area contributed by atoms with Gasteiger partial charge in [-0.2, -0.15) is 0 Å². The number of nitrogens with two attached hydrogens (primary N) is 1. The first-order valence-electron chi connectivity index (χ1n) is 4.23. The molecular formula is C9H9FN2O3. The minimum absolute atomic E-state index is 0.0738. The van der Waals surface area contributed by atoms with E-state index in [1.165, 1.54) is 6.07 Å². The molecule has 0 radical (unpaired) electrons. The molecule has 2 rings (SSSR count). The molecule has 15 heavy (non-hydrogen) atoms. The topological polar surface area (TPSA) is 77.1 Å². The number of hydrogen-bond donors (Lipinski definition) is 2. The maximum absolute atomic E-state index is 13.1. The number of ether oxygens (including phenoxy) is 2. The number of benzene rings is 1. The van der Waals surface area contributed by atoms with Crippen LogP contribution in [0.15, 0.2) is 17.3 Å². The Hall–Kier alpha value is -1.82. The number of rotatable bonds is 1. The van der Waals surface area contributed by atoms with Gasteiger partial charge < -0.3 is 20.4 Å². The lowest BCUT2D eigenvalue weighted by molar-refractivity contribution is -0.0167. The van der Waals surface area contributed by atoms with Crippen molar-refractivity contribution in [3.05, 3.63) is 29.1 Å². The molecule has 0 bridgehead atoms.